The number of rotatable bonds is 2. The summed E-state index contributed by atoms with van der Waals surface area (Å²) in [7, 11) is -1.05. The lowest BCUT2D eigenvalue weighted by Crippen LogP contribution is -2.58. The highest BCUT2D eigenvalue weighted by Gasteiger charge is 2.20. The number of likely N-dealkylation sites (N-methyl/N-ethyl adjacent to an activating group) is 1. The Hall–Kier alpha value is -1.45. The van der Waals surface area contributed by atoms with Gasteiger partial charge in [0.15, 0.2) is 6.54 Å². The Morgan fingerprint density at radius 3 is 2.21 bits per heavy atom. The molecule has 1 N–H and O–H groups in total. The van der Waals surface area contributed by atoms with Crippen molar-refractivity contribution >= 4 is 5.69 Å². The number of anilines is 1. The molecule has 1 heterocycles. The summed E-state index contributed by atoms with van der Waals surface area (Å²) in [5.41, 5.74) is 1.11. The van der Waals surface area contributed by atoms with E-state index in [-0.39, 0.29) is 0 Å². The molecule has 9 heteroatoms. The lowest BCUT2D eigenvalue weighted by Gasteiger charge is -2.04. The quantitative estimate of drug-likeness (QED) is 0.597. The van der Waals surface area contributed by atoms with Crippen LogP contribution in [0.25, 0.3) is 0 Å². The lowest BCUT2D eigenvalue weighted by molar-refractivity contribution is -1.92. The predicted octanol–water partition coefficient (Wildman–Crippen LogP) is -2.60. The first-order valence-corrected chi connectivity index (χ1v) is 6.53. The molecular weight excluding hydrogens is 278 g/mol. The Kier molecular flexibility index (Phi) is 5.45. The van der Waals surface area contributed by atoms with Gasteiger partial charge in [0.05, 0.1) is 34.3 Å². The fourth-order valence-corrected chi connectivity index (χ4v) is 1.45. The van der Waals surface area contributed by atoms with E-state index in [9.17, 15) is 0 Å². The molecule has 1 aromatic rings. The zero-order valence-corrected chi connectivity index (χ0v) is 11.3. The first-order chi connectivity index (χ1) is 8.79. The maximum atomic E-state index is 8.60. The SMILES string of the molecule is COc1ccc(N2CC[N+](C)=N2)cc1.[O-][Cl+3]([O-])([O-])O. The van der Waals surface area contributed by atoms with Gasteiger partial charge in [-0.25, -0.2) is 0 Å². The van der Waals surface area contributed by atoms with Gasteiger partial charge in [0.2, 0.25) is 0 Å². The first-order valence-electron chi connectivity index (χ1n) is 5.27. The fraction of sp³-hybridized carbons (Fsp3) is 0.400. The summed E-state index contributed by atoms with van der Waals surface area (Å²) >= 11 is 0. The molecule has 106 valence electrons. The highest BCUT2D eigenvalue weighted by Crippen LogP contribution is 2.20. The van der Waals surface area contributed by atoms with E-state index in [0.29, 0.717) is 0 Å². The van der Waals surface area contributed by atoms with Gasteiger partial charge in [-0.3, -0.25) is 0 Å². The Morgan fingerprint density at radius 1 is 1.32 bits per heavy atom. The second-order valence-corrected chi connectivity index (χ2v) is 4.48. The zero-order valence-electron chi connectivity index (χ0n) is 10.5. The van der Waals surface area contributed by atoms with Crippen molar-refractivity contribution in [3.05, 3.63) is 24.3 Å². The van der Waals surface area contributed by atoms with Crippen molar-refractivity contribution in [3.63, 3.8) is 0 Å². The molecule has 1 aliphatic heterocycles. The predicted molar refractivity (Wildman–Crippen MR) is 56.0 cm³/mol. The molecule has 0 fully saturated rings. The topological polar surface area (TPSA) is 117 Å². The summed E-state index contributed by atoms with van der Waals surface area (Å²) < 4.78 is 39.8. The standard InChI is InChI=1S/C10H14N3O.ClHO4/c1-12-7-8-13(11-12)9-3-5-10(14-2)6-4-9;2-1(3,4)5/h3-6H,7-8H2,1-2H3;(H,2,3,4,5)/q+1;. The molecule has 19 heavy (non-hydrogen) atoms. The van der Waals surface area contributed by atoms with Gasteiger partial charge in [-0.05, 0) is 24.3 Å². The lowest BCUT2D eigenvalue weighted by atomic mass is 10.3. The summed E-state index contributed by atoms with van der Waals surface area (Å²) in [6.07, 6.45) is 0. The van der Waals surface area contributed by atoms with E-state index in [1.165, 1.54) is 0 Å². The Morgan fingerprint density at radius 2 is 1.84 bits per heavy atom. The van der Waals surface area contributed by atoms with Gasteiger partial charge in [-0.2, -0.15) is 18.7 Å². The summed E-state index contributed by atoms with van der Waals surface area (Å²) in [6, 6.07) is 7.93. The molecule has 2 rings (SSSR count). The monoisotopic (exact) mass is 292 g/mol. The average Bonchev–Trinajstić information content (AvgIpc) is 2.74. The minimum Gasteiger partial charge on any atom is -0.497 e. The van der Waals surface area contributed by atoms with Gasteiger partial charge in [-0.15, -0.1) is 5.01 Å². The summed E-state index contributed by atoms with van der Waals surface area (Å²) in [6.45, 7) is 1.93. The molecule has 0 spiro atoms. The van der Waals surface area contributed by atoms with Crippen molar-refractivity contribution in [2.24, 2.45) is 5.22 Å². The fourth-order valence-electron chi connectivity index (χ4n) is 1.45. The molecule has 0 saturated carbocycles. The molecule has 0 aromatic heterocycles. The number of halogens is 1. The van der Waals surface area contributed by atoms with E-state index in [4.69, 9.17) is 23.4 Å². The van der Waals surface area contributed by atoms with E-state index >= 15 is 0 Å². The normalized spacial score (nSPS) is 14.6. The number of benzene rings is 1. The molecule has 1 aromatic carbocycles. The van der Waals surface area contributed by atoms with Gasteiger partial charge in [0.1, 0.15) is 18.0 Å². The Bertz CT molecular complexity index is 426. The second kappa shape index (κ2) is 6.64. The molecule has 0 saturated heterocycles. The van der Waals surface area contributed by atoms with E-state index in [1.807, 2.05) is 41.0 Å². The number of hydrogen-bond donors (Lipinski definition) is 1. The van der Waals surface area contributed by atoms with Gasteiger partial charge < -0.3 is 4.74 Å². The van der Waals surface area contributed by atoms with Crippen LogP contribution in [-0.2, 0) is 0 Å². The van der Waals surface area contributed by atoms with Crippen LogP contribution in [-0.4, -0.2) is 36.6 Å². The highest BCUT2D eigenvalue weighted by molar-refractivity contribution is 5.48. The number of ether oxygens (including phenoxy) is 1. The van der Waals surface area contributed by atoms with Crippen LogP contribution in [0.5, 0.6) is 5.75 Å². The van der Waals surface area contributed by atoms with Crippen LogP contribution in [0, 0.1) is 10.2 Å². The number of hydrogen-bond acceptors (Lipinski definition) is 7. The number of nitrogens with zero attached hydrogens (tertiary/aromatic N) is 3. The van der Waals surface area contributed by atoms with Crippen molar-refractivity contribution in [1.29, 1.82) is 0 Å². The van der Waals surface area contributed by atoms with E-state index < -0.39 is 10.2 Å². The maximum absolute atomic E-state index is 8.60. The van der Waals surface area contributed by atoms with Gasteiger partial charge in [-0.1, -0.05) is 0 Å². The third-order valence-electron chi connectivity index (χ3n) is 2.27. The summed E-state index contributed by atoms with van der Waals surface area (Å²) in [5.74, 6) is 0.876. The third-order valence-corrected chi connectivity index (χ3v) is 2.27. The van der Waals surface area contributed by atoms with Crippen LogP contribution in [0.3, 0.4) is 0 Å². The largest absolute Gasteiger partial charge is 0.497 e. The smallest absolute Gasteiger partial charge is 0.153 e. The van der Waals surface area contributed by atoms with Crippen molar-refractivity contribution in [2.45, 2.75) is 0 Å². The Balaban J connectivity index is 0.000000312. The van der Waals surface area contributed by atoms with Gasteiger partial charge >= 0.3 is 0 Å². The van der Waals surface area contributed by atoms with Crippen LogP contribution < -0.4 is 23.7 Å². The molecule has 0 bridgehead atoms. The second-order valence-electron chi connectivity index (χ2n) is 3.69. The minimum atomic E-state index is -4.69. The third kappa shape index (κ3) is 6.32. The van der Waals surface area contributed by atoms with Crippen LogP contribution in [0.1, 0.15) is 0 Å². The van der Waals surface area contributed by atoms with Crippen molar-refractivity contribution in [2.75, 3.05) is 32.3 Å². The van der Waals surface area contributed by atoms with Crippen LogP contribution in [0.15, 0.2) is 29.5 Å². The van der Waals surface area contributed by atoms with E-state index in [0.717, 1.165) is 24.5 Å². The van der Waals surface area contributed by atoms with Crippen LogP contribution >= 0.6 is 0 Å². The summed E-state index contributed by atoms with van der Waals surface area (Å²) in [5, 5.41) is 6.33. The molecule has 0 aliphatic carbocycles. The van der Waals surface area contributed by atoms with Crippen molar-refractivity contribution in [1.82, 2.24) is 0 Å². The van der Waals surface area contributed by atoms with Crippen LogP contribution in [0.4, 0.5) is 5.69 Å². The van der Waals surface area contributed by atoms with Crippen molar-refractivity contribution < 1.29 is 38.3 Å². The first kappa shape index (κ1) is 15.6. The molecule has 0 atom stereocenters. The molecule has 0 amide bonds. The molecule has 8 nitrogen and oxygen atoms in total. The average molecular weight is 293 g/mol. The molecule has 0 unspecified atom stereocenters. The zero-order chi connectivity index (χ0) is 14.5. The van der Waals surface area contributed by atoms with Gasteiger partial charge in [0.25, 0.3) is 0 Å². The van der Waals surface area contributed by atoms with E-state index in [2.05, 4.69) is 5.22 Å². The number of methoxy groups -OCH3 is 1. The molecular formula is C10H15ClN3O5+. The summed E-state index contributed by atoms with van der Waals surface area (Å²) in [4.78, 5) is 0. The van der Waals surface area contributed by atoms with E-state index in [1.54, 1.807) is 7.11 Å². The van der Waals surface area contributed by atoms with Crippen LogP contribution in [0.2, 0.25) is 0 Å². The maximum Gasteiger partial charge on any atom is 0.153 e. The molecule has 0 radical (unpaired) electrons. The highest BCUT2D eigenvalue weighted by atomic mass is 35.7. The Labute approximate surface area is 112 Å². The van der Waals surface area contributed by atoms with Gasteiger partial charge in [0, 0.05) is 0 Å². The van der Waals surface area contributed by atoms with Crippen molar-refractivity contribution in [3.8, 4) is 5.75 Å². The molecule has 1 aliphatic rings. The minimum absolute atomic E-state index is 0.876.